The zero-order valence-corrected chi connectivity index (χ0v) is 15.0. The van der Waals surface area contributed by atoms with E-state index in [2.05, 4.69) is 15.2 Å². The van der Waals surface area contributed by atoms with Crippen molar-refractivity contribution in [2.24, 2.45) is 5.92 Å². The van der Waals surface area contributed by atoms with Gasteiger partial charge in [0.2, 0.25) is 0 Å². The average molecular weight is 355 g/mol. The Morgan fingerprint density at radius 2 is 2.15 bits per heavy atom. The maximum atomic E-state index is 13.4. The van der Waals surface area contributed by atoms with Crippen molar-refractivity contribution in [3.8, 4) is 0 Å². The maximum Gasteiger partial charge on any atom is 0.123 e. The van der Waals surface area contributed by atoms with Crippen LogP contribution in [0.3, 0.4) is 0 Å². The fourth-order valence-electron chi connectivity index (χ4n) is 4.30. The number of piperidine rings is 1. The molecule has 2 aromatic rings. The van der Waals surface area contributed by atoms with Crippen molar-refractivity contribution in [3.63, 3.8) is 0 Å². The van der Waals surface area contributed by atoms with E-state index in [-0.39, 0.29) is 11.4 Å². The zero-order valence-electron chi connectivity index (χ0n) is 15.0. The van der Waals surface area contributed by atoms with Crippen LogP contribution in [0.25, 0.3) is 0 Å². The van der Waals surface area contributed by atoms with Crippen LogP contribution in [0.2, 0.25) is 0 Å². The summed E-state index contributed by atoms with van der Waals surface area (Å²) in [6.45, 7) is 4.53. The number of rotatable bonds is 5. The number of pyridine rings is 1. The first-order valence-electron chi connectivity index (χ1n) is 9.45. The quantitative estimate of drug-likeness (QED) is 0.887. The van der Waals surface area contributed by atoms with E-state index >= 15 is 0 Å². The summed E-state index contributed by atoms with van der Waals surface area (Å²) in [4.78, 5) is 6.46. The molecule has 2 aliphatic heterocycles. The van der Waals surface area contributed by atoms with Crippen molar-refractivity contribution in [2.75, 3.05) is 31.6 Å². The van der Waals surface area contributed by atoms with Gasteiger partial charge in [-0.05, 0) is 55.6 Å². The highest BCUT2D eigenvalue weighted by Crippen LogP contribution is 2.38. The Bertz CT molecular complexity index is 726. The smallest absolute Gasteiger partial charge is 0.123 e. The molecule has 0 radical (unpaired) electrons. The van der Waals surface area contributed by atoms with E-state index in [0.717, 1.165) is 63.3 Å². The molecule has 0 amide bonds. The Hall–Kier alpha value is -1.98. The predicted octanol–water partition coefficient (Wildman–Crippen LogP) is 3.70. The van der Waals surface area contributed by atoms with E-state index in [0.29, 0.717) is 5.92 Å². The zero-order chi connectivity index (χ0) is 17.8. The summed E-state index contributed by atoms with van der Waals surface area (Å²) in [5, 5.41) is 3.49. The number of halogens is 1. The van der Waals surface area contributed by atoms with Crippen molar-refractivity contribution in [1.29, 1.82) is 0 Å². The molecule has 0 bridgehead atoms. The number of anilines is 1. The minimum Gasteiger partial charge on any atom is -0.385 e. The van der Waals surface area contributed by atoms with Crippen LogP contribution in [-0.4, -0.2) is 41.7 Å². The van der Waals surface area contributed by atoms with E-state index in [9.17, 15) is 4.39 Å². The number of nitrogens with one attached hydrogen (secondary N) is 1. The van der Waals surface area contributed by atoms with Crippen molar-refractivity contribution in [1.82, 2.24) is 9.88 Å². The first-order valence-corrected chi connectivity index (χ1v) is 9.45. The van der Waals surface area contributed by atoms with Crippen molar-refractivity contribution in [3.05, 3.63) is 60.2 Å². The number of benzene rings is 1. The Morgan fingerprint density at radius 3 is 3.00 bits per heavy atom. The van der Waals surface area contributed by atoms with Crippen molar-refractivity contribution < 1.29 is 9.13 Å². The molecule has 4 nitrogen and oxygen atoms in total. The number of nitrogens with zero attached hydrogens (tertiary/aromatic N) is 2. The second-order valence-electron chi connectivity index (χ2n) is 7.63. The largest absolute Gasteiger partial charge is 0.385 e. The summed E-state index contributed by atoms with van der Waals surface area (Å²) in [5.74, 6) is 0.367. The monoisotopic (exact) mass is 355 g/mol. The fourth-order valence-corrected chi connectivity index (χ4v) is 4.30. The van der Waals surface area contributed by atoms with Crippen LogP contribution >= 0.6 is 0 Å². The van der Waals surface area contributed by atoms with Gasteiger partial charge in [0.05, 0.1) is 12.2 Å². The molecule has 2 atom stereocenters. The average Bonchev–Trinajstić information content (AvgIpc) is 3.03. The van der Waals surface area contributed by atoms with Gasteiger partial charge in [0.1, 0.15) is 5.82 Å². The highest BCUT2D eigenvalue weighted by Gasteiger charge is 2.43. The Balaban J connectivity index is 1.32. The van der Waals surface area contributed by atoms with Crippen LogP contribution < -0.4 is 5.32 Å². The van der Waals surface area contributed by atoms with Crippen LogP contribution in [0.4, 0.5) is 10.1 Å². The number of aromatic nitrogens is 1. The molecule has 1 N–H and O–H groups in total. The highest BCUT2D eigenvalue weighted by atomic mass is 19.1. The van der Waals surface area contributed by atoms with Gasteiger partial charge in [-0.3, -0.25) is 9.88 Å². The number of hydrogen-bond donors (Lipinski definition) is 1. The predicted molar refractivity (Wildman–Crippen MR) is 100 cm³/mol. The van der Waals surface area contributed by atoms with Gasteiger partial charge in [-0.15, -0.1) is 0 Å². The molecule has 1 aromatic heterocycles. The molecule has 3 heterocycles. The number of hydrogen-bond acceptors (Lipinski definition) is 4. The SMILES string of the molecule is Fc1cccc(CN2CCC[C@]3(C[C@@H](CNc4ccncc4)CO3)C2)c1. The lowest BCUT2D eigenvalue weighted by Gasteiger charge is -2.40. The van der Waals surface area contributed by atoms with Crippen LogP contribution in [0, 0.1) is 11.7 Å². The van der Waals surface area contributed by atoms with Crippen molar-refractivity contribution >= 4 is 5.69 Å². The highest BCUT2D eigenvalue weighted by molar-refractivity contribution is 5.40. The minimum atomic E-state index is -0.159. The molecule has 2 saturated heterocycles. The standard InChI is InChI=1S/C21H26FN3O/c22-19-4-1-3-17(11-19)14-25-10-2-7-21(16-25)12-18(15-26-21)13-24-20-5-8-23-9-6-20/h1,3-6,8-9,11,18H,2,7,10,12-16H2,(H,23,24)/t18-,21-/m0/s1. The van der Waals surface area contributed by atoms with Gasteiger partial charge < -0.3 is 10.1 Å². The Kier molecular flexibility index (Phi) is 5.18. The lowest BCUT2D eigenvalue weighted by atomic mass is 9.86. The van der Waals surface area contributed by atoms with Crippen LogP contribution in [-0.2, 0) is 11.3 Å². The number of likely N-dealkylation sites (tertiary alicyclic amines) is 1. The molecule has 1 aromatic carbocycles. The second kappa shape index (κ2) is 7.72. The summed E-state index contributed by atoms with van der Waals surface area (Å²) < 4.78 is 19.7. The maximum absolute atomic E-state index is 13.4. The third-order valence-electron chi connectivity index (χ3n) is 5.47. The Morgan fingerprint density at radius 1 is 1.27 bits per heavy atom. The first-order chi connectivity index (χ1) is 12.7. The van der Waals surface area contributed by atoms with Crippen LogP contribution in [0.5, 0.6) is 0 Å². The molecule has 0 unspecified atom stereocenters. The van der Waals surface area contributed by atoms with Gasteiger partial charge in [-0.2, -0.15) is 0 Å². The van der Waals surface area contributed by atoms with Crippen LogP contribution in [0.15, 0.2) is 48.8 Å². The molecular formula is C21H26FN3O. The summed E-state index contributed by atoms with van der Waals surface area (Å²) in [5.41, 5.74) is 2.11. The third kappa shape index (κ3) is 4.22. The van der Waals surface area contributed by atoms with Gasteiger partial charge in [-0.1, -0.05) is 12.1 Å². The van der Waals surface area contributed by atoms with E-state index < -0.39 is 0 Å². The normalized spacial score (nSPS) is 26.3. The molecule has 5 heteroatoms. The van der Waals surface area contributed by atoms with Gasteiger partial charge in [0, 0.05) is 43.6 Å². The summed E-state index contributed by atoms with van der Waals surface area (Å²) in [7, 11) is 0. The summed E-state index contributed by atoms with van der Waals surface area (Å²) in [6, 6.07) is 10.9. The van der Waals surface area contributed by atoms with Gasteiger partial charge in [0.15, 0.2) is 0 Å². The molecule has 1 spiro atoms. The summed E-state index contributed by atoms with van der Waals surface area (Å²) in [6.07, 6.45) is 6.96. The molecular weight excluding hydrogens is 329 g/mol. The molecule has 0 aliphatic carbocycles. The molecule has 138 valence electrons. The fraction of sp³-hybridized carbons (Fsp3) is 0.476. The lowest BCUT2D eigenvalue weighted by Crippen LogP contribution is -2.47. The van der Waals surface area contributed by atoms with E-state index in [4.69, 9.17) is 4.74 Å². The lowest BCUT2D eigenvalue weighted by molar-refractivity contribution is -0.0535. The van der Waals surface area contributed by atoms with Gasteiger partial charge >= 0.3 is 0 Å². The second-order valence-corrected chi connectivity index (χ2v) is 7.63. The Labute approximate surface area is 154 Å². The van der Waals surface area contributed by atoms with E-state index in [1.165, 1.54) is 6.07 Å². The van der Waals surface area contributed by atoms with E-state index in [1.54, 1.807) is 24.5 Å². The minimum absolute atomic E-state index is 0.0316. The van der Waals surface area contributed by atoms with Gasteiger partial charge in [-0.25, -0.2) is 4.39 Å². The van der Waals surface area contributed by atoms with Crippen LogP contribution in [0.1, 0.15) is 24.8 Å². The van der Waals surface area contributed by atoms with Gasteiger partial charge in [0.25, 0.3) is 0 Å². The first kappa shape index (κ1) is 17.4. The summed E-state index contributed by atoms with van der Waals surface area (Å²) >= 11 is 0. The number of ether oxygens (including phenoxy) is 1. The molecule has 2 fully saturated rings. The van der Waals surface area contributed by atoms with Crippen molar-refractivity contribution in [2.45, 2.75) is 31.4 Å². The molecule has 2 aliphatic rings. The molecule has 0 saturated carbocycles. The molecule has 26 heavy (non-hydrogen) atoms. The van der Waals surface area contributed by atoms with E-state index in [1.807, 2.05) is 18.2 Å². The molecule has 4 rings (SSSR count). The third-order valence-corrected chi connectivity index (χ3v) is 5.47. The topological polar surface area (TPSA) is 37.4 Å².